The molecule has 0 aliphatic heterocycles. The van der Waals surface area contributed by atoms with E-state index < -0.39 is 17.3 Å². The molecule has 0 saturated carbocycles. The maximum Gasteiger partial charge on any atom is 0.418 e. The standard InChI is InChI=1S/C6H5F3N2O/c1-3-4(6(7,8)9)2-5(12)11-10-3/h2H,1H3,(H,11,12). The van der Waals surface area contributed by atoms with Crippen molar-refractivity contribution in [2.75, 3.05) is 0 Å². The third kappa shape index (κ3) is 1.63. The molecule has 0 aliphatic carbocycles. The lowest BCUT2D eigenvalue weighted by molar-refractivity contribution is -0.138. The van der Waals surface area contributed by atoms with Crippen molar-refractivity contribution in [1.29, 1.82) is 0 Å². The second-order valence-corrected chi connectivity index (χ2v) is 2.23. The Morgan fingerprint density at radius 3 is 2.50 bits per heavy atom. The lowest BCUT2D eigenvalue weighted by Crippen LogP contribution is -2.16. The average Bonchev–Trinajstić information content (AvgIpc) is 1.92. The minimum atomic E-state index is -4.51. The molecule has 1 aromatic rings. The van der Waals surface area contributed by atoms with Crippen LogP contribution < -0.4 is 5.56 Å². The van der Waals surface area contributed by atoms with Crippen molar-refractivity contribution in [2.24, 2.45) is 0 Å². The number of halogens is 3. The monoisotopic (exact) mass is 178 g/mol. The maximum atomic E-state index is 12.0. The first kappa shape index (κ1) is 8.76. The van der Waals surface area contributed by atoms with Crippen LogP contribution in [0.3, 0.4) is 0 Å². The molecule has 0 bridgehead atoms. The summed E-state index contributed by atoms with van der Waals surface area (Å²) < 4.78 is 36.1. The highest BCUT2D eigenvalue weighted by Crippen LogP contribution is 2.29. The van der Waals surface area contributed by atoms with Gasteiger partial charge in [0.25, 0.3) is 5.56 Å². The molecule has 0 saturated heterocycles. The number of nitrogens with one attached hydrogen (secondary N) is 1. The number of hydrogen-bond donors (Lipinski definition) is 1. The first-order valence-corrected chi connectivity index (χ1v) is 3.05. The van der Waals surface area contributed by atoms with Crippen LogP contribution in [0.1, 0.15) is 11.3 Å². The molecule has 66 valence electrons. The van der Waals surface area contributed by atoms with Gasteiger partial charge in [0.2, 0.25) is 0 Å². The first-order valence-electron chi connectivity index (χ1n) is 3.05. The van der Waals surface area contributed by atoms with E-state index in [1.165, 1.54) is 6.92 Å². The largest absolute Gasteiger partial charge is 0.418 e. The van der Waals surface area contributed by atoms with Crippen molar-refractivity contribution in [1.82, 2.24) is 10.2 Å². The number of alkyl halides is 3. The van der Waals surface area contributed by atoms with Crippen LogP contribution in [0.5, 0.6) is 0 Å². The van der Waals surface area contributed by atoms with Crippen LogP contribution in [0.25, 0.3) is 0 Å². The Balaban J connectivity index is 3.33. The van der Waals surface area contributed by atoms with Gasteiger partial charge in [0.15, 0.2) is 0 Å². The molecule has 0 fully saturated rings. The average molecular weight is 178 g/mol. The molecule has 1 rings (SSSR count). The van der Waals surface area contributed by atoms with Gasteiger partial charge in [-0.15, -0.1) is 0 Å². The van der Waals surface area contributed by atoms with E-state index in [0.29, 0.717) is 6.07 Å². The fourth-order valence-electron chi connectivity index (χ4n) is 0.754. The van der Waals surface area contributed by atoms with Crippen molar-refractivity contribution in [3.63, 3.8) is 0 Å². The van der Waals surface area contributed by atoms with E-state index in [0.717, 1.165) is 0 Å². The number of aryl methyl sites for hydroxylation is 1. The fraction of sp³-hybridized carbons (Fsp3) is 0.333. The molecule has 0 aromatic carbocycles. The van der Waals surface area contributed by atoms with Crippen LogP contribution >= 0.6 is 0 Å². The van der Waals surface area contributed by atoms with E-state index in [-0.39, 0.29) is 5.69 Å². The Labute approximate surface area is 65.2 Å². The molecular formula is C6H5F3N2O. The van der Waals surface area contributed by atoms with Gasteiger partial charge >= 0.3 is 6.18 Å². The maximum absolute atomic E-state index is 12.0. The zero-order chi connectivity index (χ0) is 9.35. The molecule has 6 heteroatoms. The Morgan fingerprint density at radius 1 is 1.50 bits per heavy atom. The molecule has 0 radical (unpaired) electrons. The van der Waals surface area contributed by atoms with Crippen molar-refractivity contribution in [3.8, 4) is 0 Å². The van der Waals surface area contributed by atoms with Crippen LogP contribution in [0.4, 0.5) is 13.2 Å². The predicted octanol–water partition coefficient (Wildman–Crippen LogP) is 1.10. The van der Waals surface area contributed by atoms with Gasteiger partial charge in [-0.1, -0.05) is 0 Å². The summed E-state index contributed by atoms with van der Waals surface area (Å²) in [6, 6.07) is 0.488. The van der Waals surface area contributed by atoms with Crippen molar-refractivity contribution in [2.45, 2.75) is 13.1 Å². The Hall–Kier alpha value is -1.33. The normalized spacial score (nSPS) is 11.7. The van der Waals surface area contributed by atoms with Gasteiger partial charge in [-0.25, -0.2) is 5.10 Å². The van der Waals surface area contributed by atoms with Crippen LogP contribution in [0.15, 0.2) is 10.9 Å². The zero-order valence-electron chi connectivity index (χ0n) is 6.07. The van der Waals surface area contributed by atoms with Gasteiger partial charge in [0, 0.05) is 6.07 Å². The molecule has 0 aliphatic rings. The molecule has 0 amide bonds. The lowest BCUT2D eigenvalue weighted by Gasteiger charge is -2.06. The van der Waals surface area contributed by atoms with Crippen molar-refractivity contribution >= 4 is 0 Å². The van der Waals surface area contributed by atoms with Crippen LogP contribution in [0.2, 0.25) is 0 Å². The number of H-pyrrole nitrogens is 1. The zero-order valence-corrected chi connectivity index (χ0v) is 6.07. The molecule has 0 unspecified atom stereocenters. The van der Waals surface area contributed by atoms with Gasteiger partial charge in [-0.2, -0.15) is 18.3 Å². The van der Waals surface area contributed by atoms with E-state index in [4.69, 9.17) is 0 Å². The fourth-order valence-corrected chi connectivity index (χ4v) is 0.754. The summed E-state index contributed by atoms with van der Waals surface area (Å²) in [6.45, 7) is 1.18. The molecule has 1 N–H and O–H groups in total. The van der Waals surface area contributed by atoms with E-state index >= 15 is 0 Å². The highest BCUT2D eigenvalue weighted by Gasteiger charge is 2.33. The summed E-state index contributed by atoms with van der Waals surface area (Å²) in [5.74, 6) is 0. The minimum Gasteiger partial charge on any atom is -0.268 e. The molecule has 3 nitrogen and oxygen atoms in total. The van der Waals surface area contributed by atoms with Crippen LogP contribution in [-0.4, -0.2) is 10.2 Å². The highest BCUT2D eigenvalue weighted by molar-refractivity contribution is 5.19. The highest BCUT2D eigenvalue weighted by atomic mass is 19.4. The number of hydrogen-bond acceptors (Lipinski definition) is 2. The SMILES string of the molecule is Cc1n[nH]c(=O)cc1C(F)(F)F. The van der Waals surface area contributed by atoms with Gasteiger partial charge in [0.1, 0.15) is 0 Å². The smallest absolute Gasteiger partial charge is 0.268 e. The van der Waals surface area contributed by atoms with Crippen LogP contribution in [0, 0.1) is 6.92 Å². The quantitative estimate of drug-likeness (QED) is 0.646. The second-order valence-electron chi connectivity index (χ2n) is 2.23. The summed E-state index contributed by atoms with van der Waals surface area (Å²) in [5.41, 5.74) is -2.08. The molecule has 12 heavy (non-hydrogen) atoms. The third-order valence-electron chi connectivity index (χ3n) is 1.30. The molecule has 0 spiro atoms. The van der Waals surface area contributed by atoms with Crippen LogP contribution in [-0.2, 0) is 6.18 Å². The van der Waals surface area contributed by atoms with Gasteiger partial charge < -0.3 is 0 Å². The van der Waals surface area contributed by atoms with Gasteiger partial charge in [-0.3, -0.25) is 4.79 Å². The summed E-state index contributed by atoms with van der Waals surface area (Å²) in [4.78, 5) is 10.5. The topological polar surface area (TPSA) is 45.8 Å². The second kappa shape index (κ2) is 2.62. The lowest BCUT2D eigenvalue weighted by atomic mass is 10.2. The number of nitrogens with zero attached hydrogens (tertiary/aromatic N) is 1. The predicted molar refractivity (Wildman–Crippen MR) is 34.6 cm³/mol. The summed E-state index contributed by atoms with van der Waals surface area (Å²) in [5, 5.41) is 5.09. The third-order valence-corrected chi connectivity index (χ3v) is 1.30. The molecule has 1 heterocycles. The summed E-state index contributed by atoms with van der Waals surface area (Å²) >= 11 is 0. The van der Waals surface area contributed by atoms with E-state index in [1.807, 2.05) is 5.10 Å². The summed E-state index contributed by atoms with van der Waals surface area (Å²) in [7, 11) is 0. The Bertz CT molecular complexity index is 341. The van der Waals surface area contributed by atoms with Crippen molar-refractivity contribution < 1.29 is 13.2 Å². The van der Waals surface area contributed by atoms with Gasteiger partial charge in [0.05, 0.1) is 11.3 Å². The number of aromatic nitrogens is 2. The number of rotatable bonds is 0. The van der Waals surface area contributed by atoms with E-state index in [1.54, 1.807) is 0 Å². The number of aromatic amines is 1. The molecule has 0 atom stereocenters. The summed E-state index contributed by atoms with van der Waals surface area (Å²) in [6.07, 6.45) is -4.51. The molecule has 1 aromatic heterocycles. The van der Waals surface area contributed by atoms with E-state index in [2.05, 4.69) is 5.10 Å². The van der Waals surface area contributed by atoms with Gasteiger partial charge in [-0.05, 0) is 6.92 Å². The van der Waals surface area contributed by atoms with Crippen molar-refractivity contribution in [3.05, 3.63) is 27.7 Å². The molecular weight excluding hydrogens is 173 g/mol. The Kier molecular flexibility index (Phi) is 1.91. The first-order chi connectivity index (χ1) is 5.41. The minimum absolute atomic E-state index is 0.234. The Morgan fingerprint density at radius 2 is 2.08 bits per heavy atom. The van der Waals surface area contributed by atoms with E-state index in [9.17, 15) is 18.0 Å².